The monoisotopic (exact) mass is 216 g/mol. The van der Waals surface area contributed by atoms with Crippen LogP contribution in [-0.2, 0) is 0 Å². The van der Waals surface area contributed by atoms with E-state index in [0.29, 0.717) is 9.20 Å². The summed E-state index contributed by atoms with van der Waals surface area (Å²) in [5.41, 5.74) is 5.15. The van der Waals surface area contributed by atoms with Crippen molar-refractivity contribution in [2.45, 2.75) is 0 Å². The van der Waals surface area contributed by atoms with Gasteiger partial charge in [-0.25, -0.2) is 0 Å². The maximum atomic E-state index is 10.6. The van der Waals surface area contributed by atoms with Gasteiger partial charge >= 0.3 is 0 Å². The Morgan fingerprint density at radius 1 is 1.73 bits per heavy atom. The largest absolute Gasteiger partial charge is 0.619 e. The van der Waals surface area contributed by atoms with E-state index in [1.165, 1.54) is 12.3 Å². The first-order chi connectivity index (χ1) is 5.11. The number of pyridine rings is 1. The molecule has 4 nitrogen and oxygen atoms in total. The van der Waals surface area contributed by atoms with Crippen LogP contribution in [0.5, 0.6) is 0 Å². The van der Waals surface area contributed by atoms with Gasteiger partial charge in [0.25, 0.3) is 5.91 Å². The first-order valence-corrected chi connectivity index (χ1v) is 3.58. The van der Waals surface area contributed by atoms with Gasteiger partial charge in [-0.15, -0.1) is 0 Å². The summed E-state index contributed by atoms with van der Waals surface area (Å²) in [6.07, 6.45) is 2.39. The summed E-state index contributed by atoms with van der Waals surface area (Å²) in [6.45, 7) is 0. The standard InChI is InChI=1S/C6H5BrN2O2/c7-5-1-2-9(11)3-4(5)6(8)10/h1-3H,(H2,8,10). The highest BCUT2D eigenvalue weighted by molar-refractivity contribution is 9.10. The SMILES string of the molecule is NC(=O)c1c[n+]([O-])ccc1Br. The van der Waals surface area contributed by atoms with Crippen LogP contribution in [-0.4, -0.2) is 5.91 Å². The number of carbonyl (C=O) groups excluding carboxylic acids is 1. The molecule has 0 unspecified atom stereocenters. The molecule has 1 aromatic heterocycles. The molecule has 0 aromatic carbocycles. The van der Waals surface area contributed by atoms with Gasteiger partial charge in [0.2, 0.25) is 0 Å². The lowest BCUT2D eigenvalue weighted by atomic mass is 10.3. The van der Waals surface area contributed by atoms with Crippen molar-refractivity contribution in [1.29, 1.82) is 0 Å². The summed E-state index contributed by atoms with van der Waals surface area (Å²) >= 11 is 3.08. The average molecular weight is 217 g/mol. The Balaban J connectivity index is 3.23. The highest BCUT2D eigenvalue weighted by Crippen LogP contribution is 2.12. The molecule has 0 spiro atoms. The van der Waals surface area contributed by atoms with Gasteiger partial charge < -0.3 is 10.9 Å². The van der Waals surface area contributed by atoms with Gasteiger partial charge in [0.15, 0.2) is 12.4 Å². The fourth-order valence-corrected chi connectivity index (χ4v) is 1.06. The Hall–Kier alpha value is -1.10. The van der Waals surface area contributed by atoms with Crippen molar-refractivity contribution >= 4 is 21.8 Å². The van der Waals surface area contributed by atoms with Crippen LogP contribution < -0.4 is 10.5 Å². The molecule has 11 heavy (non-hydrogen) atoms. The number of hydrogen-bond donors (Lipinski definition) is 1. The van der Waals surface area contributed by atoms with Gasteiger partial charge in [-0.05, 0) is 15.9 Å². The highest BCUT2D eigenvalue weighted by Gasteiger charge is 2.08. The van der Waals surface area contributed by atoms with Crippen molar-refractivity contribution in [1.82, 2.24) is 0 Å². The van der Waals surface area contributed by atoms with Crippen molar-refractivity contribution in [3.8, 4) is 0 Å². The molecule has 0 atom stereocenters. The summed E-state index contributed by atoms with van der Waals surface area (Å²) in [6, 6.07) is 1.47. The zero-order valence-corrected chi connectivity index (χ0v) is 7.04. The van der Waals surface area contributed by atoms with Gasteiger partial charge in [0.1, 0.15) is 5.56 Å². The number of nitrogens with two attached hydrogens (primary N) is 1. The van der Waals surface area contributed by atoms with E-state index in [1.54, 1.807) is 0 Å². The van der Waals surface area contributed by atoms with Crippen LogP contribution in [0.25, 0.3) is 0 Å². The van der Waals surface area contributed by atoms with Crippen molar-refractivity contribution in [2.24, 2.45) is 5.73 Å². The summed E-state index contributed by atoms with van der Waals surface area (Å²) in [4.78, 5) is 10.6. The molecule has 1 aromatic rings. The molecule has 0 aliphatic rings. The number of nitrogens with zero attached hydrogens (tertiary/aromatic N) is 1. The summed E-state index contributed by atoms with van der Waals surface area (Å²) < 4.78 is 1.04. The summed E-state index contributed by atoms with van der Waals surface area (Å²) in [5.74, 6) is -0.623. The molecular formula is C6H5BrN2O2. The second kappa shape index (κ2) is 2.87. The molecule has 0 saturated carbocycles. The van der Waals surface area contributed by atoms with Crippen molar-refractivity contribution in [2.75, 3.05) is 0 Å². The van der Waals surface area contributed by atoms with E-state index in [1.807, 2.05) is 0 Å². The Morgan fingerprint density at radius 3 is 2.82 bits per heavy atom. The van der Waals surface area contributed by atoms with E-state index in [4.69, 9.17) is 5.73 Å². The third-order valence-corrected chi connectivity index (χ3v) is 1.84. The molecule has 0 radical (unpaired) electrons. The number of hydrogen-bond acceptors (Lipinski definition) is 2. The molecule has 0 aliphatic carbocycles. The maximum Gasteiger partial charge on any atom is 0.255 e. The fraction of sp³-hybridized carbons (Fsp3) is 0. The molecule has 1 heterocycles. The molecule has 1 rings (SSSR count). The minimum Gasteiger partial charge on any atom is -0.619 e. The predicted octanol–water partition coefficient (Wildman–Crippen LogP) is 0.181. The van der Waals surface area contributed by atoms with Crippen LogP contribution in [0.3, 0.4) is 0 Å². The maximum absolute atomic E-state index is 10.6. The van der Waals surface area contributed by atoms with Crippen molar-refractivity contribution in [3.63, 3.8) is 0 Å². The Kier molecular flexibility index (Phi) is 2.09. The molecule has 2 N–H and O–H groups in total. The Morgan fingerprint density at radius 2 is 2.36 bits per heavy atom. The van der Waals surface area contributed by atoms with Crippen LogP contribution in [0.2, 0.25) is 0 Å². The van der Waals surface area contributed by atoms with Crippen LogP contribution in [0.15, 0.2) is 22.9 Å². The molecule has 58 valence electrons. The van der Waals surface area contributed by atoms with Crippen LogP contribution in [0.1, 0.15) is 10.4 Å². The minimum atomic E-state index is -0.623. The molecule has 1 amide bonds. The number of rotatable bonds is 1. The minimum absolute atomic E-state index is 0.183. The zero-order chi connectivity index (χ0) is 8.43. The number of amides is 1. The van der Waals surface area contributed by atoms with Crippen molar-refractivity contribution in [3.05, 3.63) is 33.7 Å². The first kappa shape index (κ1) is 8.00. The first-order valence-electron chi connectivity index (χ1n) is 2.79. The van der Waals surface area contributed by atoms with Crippen LogP contribution in [0, 0.1) is 5.21 Å². The Bertz CT molecular complexity index is 301. The Labute approximate surface area is 71.3 Å². The van der Waals surface area contributed by atoms with Crippen LogP contribution >= 0.6 is 15.9 Å². The van der Waals surface area contributed by atoms with Gasteiger partial charge in [-0.1, -0.05) is 0 Å². The van der Waals surface area contributed by atoms with E-state index in [0.717, 1.165) is 6.20 Å². The van der Waals surface area contributed by atoms with Gasteiger partial charge in [0.05, 0.1) is 0 Å². The topological polar surface area (TPSA) is 70.0 Å². The molecule has 0 saturated heterocycles. The second-order valence-corrected chi connectivity index (χ2v) is 2.78. The van der Waals surface area contributed by atoms with E-state index >= 15 is 0 Å². The normalized spacial score (nSPS) is 9.55. The summed E-state index contributed by atoms with van der Waals surface area (Å²) in [5, 5.41) is 10.6. The third-order valence-electron chi connectivity index (χ3n) is 1.15. The lowest BCUT2D eigenvalue weighted by Crippen LogP contribution is -2.27. The molecule has 5 heteroatoms. The van der Waals surface area contributed by atoms with Gasteiger partial charge in [0, 0.05) is 10.5 Å². The van der Waals surface area contributed by atoms with Gasteiger partial charge in [-0.2, -0.15) is 4.73 Å². The molecule has 0 fully saturated rings. The smallest absolute Gasteiger partial charge is 0.255 e. The van der Waals surface area contributed by atoms with E-state index in [9.17, 15) is 10.0 Å². The molecular weight excluding hydrogens is 212 g/mol. The van der Waals surface area contributed by atoms with E-state index < -0.39 is 5.91 Å². The number of aromatic nitrogens is 1. The molecule has 0 bridgehead atoms. The summed E-state index contributed by atoms with van der Waals surface area (Å²) in [7, 11) is 0. The third kappa shape index (κ3) is 1.68. The van der Waals surface area contributed by atoms with Crippen molar-refractivity contribution < 1.29 is 9.52 Å². The average Bonchev–Trinajstić information content (AvgIpc) is 1.94. The quantitative estimate of drug-likeness (QED) is 0.538. The van der Waals surface area contributed by atoms with E-state index in [2.05, 4.69) is 15.9 Å². The fourth-order valence-electron chi connectivity index (χ4n) is 0.642. The highest BCUT2D eigenvalue weighted by atomic mass is 79.9. The van der Waals surface area contributed by atoms with Gasteiger partial charge in [-0.3, -0.25) is 4.79 Å². The van der Waals surface area contributed by atoms with E-state index in [-0.39, 0.29) is 5.56 Å². The predicted molar refractivity (Wildman–Crippen MR) is 41.6 cm³/mol. The number of primary amides is 1. The molecule has 0 aliphatic heterocycles. The lowest BCUT2D eigenvalue weighted by molar-refractivity contribution is -0.605. The second-order valence-electron chi connectivity index (χ2n) is 1.93. The number of carbonyl (C=O) groups is 1. The number of halogens is 1. The lowest BCUT2D eigenvalue weighted by Gasteiger charge is -1.98. The zero-order valence-electron chi connectivity index (χ0n) is 5.45. The van der Waals surface area contributed by atoms with Crippen LogP contribution in [0.4, 0.5) is 0 Å².